The lowest BCUT2D eigenvalue weighted by molar-refractivity contribution is -0.137. The standard InChI is InChI=1S/C19H19Cl2NOS/c20-14-3-1-2-13(10-14)15-6-9-18(23)22(11-12-4-5-12)19(15)16-7-8-17(21)24-16/h1-3,7-8,10,12,15,19H,4-6,9,11H2/t15-,19+/m1/s1. The number of rotatable bonds is 4. The number of thiophene rings is 1. The van der Waals surface area contributed by atoms with Gasteiger partial charge in [-0.2, -0.15) is 0 Å². The Balaban J connectivity index is 1.74. The summed E-state index contributed by atoms with van der Waals surface area (Å²) < 4.78 is 0.777. The van der Waals surface area contributed by atoms with Gasteiger partial charge in [-0.15, -0.1) is 11.3 Å². The van der Waals surface area contributed by atoms with Gasteiger partial charge >= 0.3 is 0 Å². The number of amides is 1. The molecule has 1 saturated carbocycles. The number of hydrogen-bond acceptors (Lipinski definition) is 2. The molecular weight excluding hydrogens is 361 g/mol. The molecule has 0 radical (unpaired) electrons. The fraction of sp³-hybridized carbons (Fsp3) is 0.421. The number of piperidine rings is 1. The minimum absolute atomic E-state index is 0.0721. The molecule has 1 saturated heterocycles. The molecule has 2 heterocycles. The first-order valence-corrected chi connectivity index (χ1v) is 9.99. The Hall–Kier alpha value is -1.03. The first-order valence-electron chi connectivity index (χ1n) is 8.42. The van der Waals surface area contributed by atoms with E-state index in [0.717, 1.165) is 22.3 Å². The summed E-state index contributed by atoms with van der Waals surface area (Å²) in [6.07, 6.45) is 3.95. The van der Waals surface area contributed by atoms with Gasteiger partial charge in [0.25, 0.3) is 0 Å². The predicted molar refractivity (Wildman–Crippen MR) is 99.9 cm³/mol. The third kappa shape index (κ3) is 3.35. The van der Waals surface area contributed by atoms with Gasteiger partial charge in [-0.1, -0.05) is 35.3 Å². The summed E-state index contributed by atoms with van der Waals surface area (Å²) in [5, 5.41) is 0.751. The highest BCUT2D eigenvalue weighted by Crippen LogP contribution is 2.47. The molecule has 1 aliphatic heterocycles. The number of halogens is 2. The van der Waals surface area contributed by atoms with Gasteiger partial charge in [0, 0.05) is 28.8 Å². The van der Waals surface area contributed by atoms with Crippen LogP contribution in [0.15, 0.2) is 36.4 Å². The van der Waals surface area contributed by atoms with E-state index in [0.29, 0.717) is 12.3 Å². The average molecular weight is 380 g/mol. The molecule has 5 heteroatoms. The third-order valence-electron chi connectivity index (χ3n) is 5.02. The Morgan fingerprint density at radius 1 is 1.12 bits per heavy atom. The minimum Gasteiger partial charge on any atom is -0.334 e. The third-order valence-corrected chi connectivity index (χ3v) is 6.56. The molecule has 2 fully saturated rings. The number of nitrogens with zero attached hydrogens (tertiary/aromatic N) is 1. The molecule has 2 atom stereocenters. The highest BCUT2D eigenvalue weighted by Gasteiger charge is 2.40. The second-order valence-corrected chi connectivity index (χ2v) is 8.96. The van der Waals surface area contributed by atoms with Gasteiger partial charge in [0.1, 0.15) is 0 Å². The zero-order valence-electron chi connectivity index (χ0n) is 13.3. The zero-order valence-corrected chi connectivity index (χ0v) is 15.6. The molecule has 24 heavy (non-hydrogen) atoms. The van der Waals surface area contributed by atoms with Gasteiger partial charge in [0.05, 0.1) is 10.4 Å². The fourth-order valence-electron chi connectivity index (χ4n) is 3.67. The van der Waals surface area contributed by atoms with Crippen molar-refractivity contribution in [3.05, 3.63) is 56.2 Å². The summed E-state index contributed by atoms with van der Waals surface area (Å²) in [4.78, 5) is 15.9. The molecule has 0 unspecified atom stereocenters. The summed E-state index contributed by atoms with van der Waals surface area (Å²) in [7, 11) is 0. The van der Waals surface area contributed by atoms with Crippen molar-refractivity contribution in [3.63, 3.8) is 0 Å². The highest BCUT2D eigenvalue weighted by atomic mass is 35.5. The van der Waals surface area contributed by atoms with Gasteiger partial charge in [-0.3, -0.25) is 4.79 Å². The van der Waals surface area contributed by atoms with Crippen LogP contribution >= 0.6 is 34.5 Å². The second kappa shape index (κ2) is 6.70. The van der Waals surface area contributed by atoms with Crippen LogP contribution in [0.3, 0.4) is 0 Å². The van der Waals surface area contributed by atoms with Gasteiger partial charge in [0.15, 0.2) is 0 Å². The van der Waals surface area contributed by atoms with Crippen molar-refractivity contribution in [2.45, 2.75) is 37.6 Å². The maximum absolute atomic E-state index is 12.7. The van der Waals surface area contributed by atoms with Crippen LogP contribution in [0.25, 0.3) is 0 Å². The summed E-state index contributed by atoms with van der Waals surface area (Å²) in [5.74, 6) is 1.22. The van der Waals surface area contributed by atoms with Gasteiger partial charge in [-0.05, 0) is 55.0 Å². The second-order valence-electron chi connectivity index (χ2n) is 6.78. The topological polar surface area (TPSA) is 20.3 Å². The van der Waals surface area contributed by atoms with E-state index in [9.17, 15) is 4.79 Å². The molecule has 0 spiro atoms. The van der Waals surface area contributed by atoms with Crippen LogP contribution < -0.4 is 0 Å². The molecule has 1 aromatic carbocycles. The monoisotopic (exact) mass is 379 g/mol. The molecule has 2 aliphatic rings. The van der Waals surface area contributed by atoms with E-state index in [2.05, 4.69) is 17.0 Å². The SMILES string of the molecule is O=C1CC[C@H](c2cccc(Cl)c2)[C@@H](c2ccc(Cl)s2)N1CC1CC1. The van der Waals surface area contributed by atoms with E-state index in [1.165, 1.54) is 23.3 Å². The van der Waals surface area contributed by atoms with Gasteiger partial charge in [-0.25, -0.2) is 0 Å². The van der Waals surface area contributed by atoms with Crippen LogP contribution in [0.4, 0.5) is 0 Å². The molecule has 1 aromatic heterocycles. The lowest BCUT2D eigenvalue weighted by Gasteiger charge is -2.41. The molecule has 2 aromatic rings. The maximum atomic E-state index is 12.7. The molecule has 126 valence electrons. The van der Waals surface area contributed by atoms with E-state index in [1.807, 2.05) is 24.3 Å². The normalized spacial score (nSPS) is 24.4. The fourth-order valence-corrected chi connectivity index (χ4v) is 5.11. The molecule has 1 amide bonds. The Bertz CT molecular complexity index is 755. The van der Waals surface area contributed by atoms with Crippen molar-refractivity contribution in [1.29, 1.82) is 0 Å². The zero-order chi connectivity index (χ0) is 16.7. The van der Waals surface area contributed by atoms with E-state index in [1.54, 1.807) is 11.3 Å². The van der Waals surface area contributed by atoms with E-state index in [4.69, 9.17) is 23.2 Å². The number of carbonyl (C=O) groups is 1. The van der Waals surface area contributed by atoms with Crippen LogP contribution in [0.1, 0.15) is 48.1 Å². The smallest absolute Gasteiger partial charge is 0.223 e. The quantitative estimate of drug-likeness (QED) is 0.646. The first kappa shape index (κ1) is 16.4. The maximum Gasteiger partial charge on any atom is 0.223 e. The molecule has 0 N–H and O–H groups in total. The Labute approximate surface area is 156 Å². The largest absolute Gasteiger partial charge is 0.334 e. The molecule has 4 rings (SSSR count). The van der Waals surface area contributed by atoms with E-state index < -0.39 is 0 Å². The van der Waals surface area contributed by atoms with Crippen LogP contribution in [-0.4, -0.2) is 17.4 Å². The summed E-state index contributed by atoms with van der Waals surface area (Å²) in [6.45, 7) is 0.871. The number of benzene rings is 1. The number of carbonyl (C=O) groups excluding carboxylic acids is 1. The lowest BCUT2D eigenvalue weighted by atomic mass is 9.82. The first-order chi connectivity index (χ1) is 11.6. The Morgan fingerprint density at radius 3 is 2.62 bits per heavy atom. The highest BCUT2D eigenvalue weighted by molar-refractivity contribution is 7.16. The molecule has 1 aliphatic carbocycles. The molecular formula is C19H19Cl2NOS. The van der Waals surface area contributed by atoms with Crippen LogP contribution in [-0.2, 0) is 4.79 Å². The summed E-state index contributed by atoms with van der Waals surface area (Å²) >= 11 is 14.0. The van der Waals surface area contributed by atoms with E-state index in [-0.39, 0.29) is 17.9 Å². The van der Waals surface area contributed by atoms with Crippen LogP contribution in [0, 0.1) is 5.92 Å². The average Bonchev–Trinajstić information content (AvgIpc) is 3.28. The Kier molecular flexibility index (Phi) is 4.59. The number of hydrogen-bond donors (Lipinski definition) is 0. The van der Waals surface area contributed by atoms with Crippen molar-refractivity contribution in [3.8, 4) is 0 Å². The van der Waals surface area contributed by atoms with Crippen LogP contribution in [0.2, 0.25) is 9.36 Å². The van der Waals surface area contributed by atoms with Crippen molar-refractivity contribution in [1.82, 2.24) is 4.90 Å². The number of likely N-dealkylation sites (tertiary alicyclic amines) is 1. The van der Waals surface area contributed by atoms with Crippen LogP contribution in [0.5, 0.6) is 0 Å². The van der Waals surface area contributed by atoms with E-state index >= 15 is 0 Å². The summed E-state index contributed by atoms with van der Waals surface area (Å²) in [5.41, 5.74) is 1.21. The summed E-state index contributed by atoms with van der Waals surface area (Å²) in [6, 6.07) is 12.2. The Morgan fingerprint density at radius 2 is 1.96 bits per heavy atom. The van der Waals surface area contributed by atoms with Crippen molar-refractivity contribution in [2.24, 2.45) is 5.92 Å². The van der Waals surface area contributed by atoms with Gasteiger partial charge < -0.3 is 4.90 Å². The molecule has 0 bridgehead atoms. The minimum atomic E-state index is 0.0721. The predicted octanol–water partition coefficient (Wildman–Crippen LogP) is 5.91. The lowest BCUT2D eigenvalue weighted by Crippen LogP contribution is -2.42. The molecule has 2 nitrogen and oxygen atoms in total. The van der Waals surface area contributed by atoms with Gasteiger partial charge in [0.2, 0.25) is 5.91 Å². The van der Waals surface area contributed by atoms with Crippen molar-refractivity contribution >= 4 is 40.4 Å². The van der Waals surface area contributed by atoms with Crippen molar-refractivity contribution < 1.29 is 4.79 Å². The van der Waals surface area contributed by atoms with Crippen molar-refractivity contribution in [2.75, 3.05) is 6.54 Å².